The number of nitriles is 1. The summed E-state index contributed by atoms with van der Waals surface area (Å²) in [4.78, 5) is 25.9. The summed E-state index contributed by atoms with van der Waals surface area (Å²) in [5.74, 6) is -2.04. The highest BCUT2D eigenvalue weighted by Crippen LogP contribution is 2.43. The molecule has 39 heavy (non-hydrogen) atoms. The number of rotatable bonds is 8. The summed E-state index contributed by atoms with van der Waals surface area (Å²) in [7, 11) is 0. The first-order chi connectivity index (χ1) is 18.7. The summed E-state index contributed by atoms with van der Waals surface area (Å²) in [6, 6.07) is 18.6. The Bertz CT molecular complexity index is 1460. The molecule has 0 fully saturated rings. The van der Waals surface area contributed by atoms with Crippen LogP contribution in [0.25, 0.3) is 5.70 Å². The number of anilines is 1. The van der Waals surface area contributed by atoms with E-state index in [4.69, 9.17) is 9.15 Å². The molecule has 0 spiro atoms. The van der Waals surface area contributed by atoms with Crippen molar-refractivity contribution in [2.45, 2.75) is 19.0 Å². The average molecular weight is 554 g/mol. The van der Waals surface area contributed by atoms with Crippen LogP contribution in [0.15, 0.2) is 93.6 Å². The number of nitrogens with zero attached hydrogens (tertiary/aromatic N) is 1. The van der Waals surface area contributed by atoms with E-state index in [1.807, 2.05) is 6.07 Å². The van der Waals surface area contributed by atoms with E-state index in [0.717, 1.165) is 23.9 Å². The molecular weight excluding hydrogens is 531 g/mol. The number of furan rings is 1. The molecule has 1 amide bonds. The van der Waals surface area contributed by atoms with E-state index in [1.165, 1.54) is 18.4 Å². The molecule has 0 radical (unpaired) electrons. The number of carbonyl (C=O) groups is 2. The second-order valence-electron chi connectivity index (χ2n) is 8.22. The Hall–Kier alpha value is -4.43. The van der Waals surface area contributed by atoms with Gasteiger partial charge in [-0.15, -0.1) is 0 Å². The Balaban J connectivity index is 1.67. The van der Waals surface area contributed by atoms with Crippen molar-refractivity contribution in [3.8, 4) is 6.07 Å². The highest BCUT2D eigenvalue weighted by Gasteiger charge is 2.39. The number of dihydropyridines is 1. The standard InChI is InChI=1S/C28H22F3N3O4S/c1-2-37-27(36)24-23(21-12-7-13-38-21)20(15-32)26(34-25(24)17-8-4-3-5-9-17)39-16-22(35)33-19-11-6-10-18(14-19)28(29,30)31/h3-14,23,34H,2,16H2,1H3,(H,33,35)/t23-/m0/s1. The fraction of sp³-hybridized carbons (Fsp3) is 0.179. The Labute approximate surface area is 226 Å². The monoisotopic (exact) mass is 553 g/mol. The molecule has 1 aromatic heterocycles. The third-order valence-electron chi connectivity index (χ3n) is 5.66. The van der Waals surface area contributed by atoms with Crippen LogP contribution in [0.2, 0.25) is 0 Å². The third-order valence-corrected chi connectivity index (χ3v) is 6.67. The van der Waals surface area contributed by atoms with E-state index in [-0.39, 0.29) is 29.2 Å². The number of halogens is 3. The molecule has 0 saturated carbocycles. The van der Waals surface area contributed by atoms with Gasteiger partial charge in [0.15, 0.2) is 0 Å². The summed E-state index contributed by atoms with van der Waals surface area (Å²) < 4.78 is 50.0. The summed E-state index contributed by atoms with van der Waals surface area (Å²) in [5.41, 5.74) is 0.430. The van der Waals surface area contributed by atoms with Gasteiger partial charge in [0.2, 0.25) is 5.91 Å². The van der Waals surface area contributed by atoms with Crippen LogP contribution in [0.1, 0.15) is 29.7 Å². The molecule has 2 aromatic carbocycles. The molecule has 7 nitrogen and oxygen atoms in total. The summed E-state index contributed by atoms with van der Waals surface area (Å²) in [6.45, 7) is 1.78. The Morgan fingerprint density at radius 2 is 1.90 bits per heavy atom. The first kappa shape index (κ1) is 27.6. The van der Waals surface area contributed by atoms with Gasteiger partial charge in [-0.25, -0.2) is 4.79 Å². The number of thioether (sulfide) groups is 1. The van der Waals surface area contributed by atoms with Gasteiger partial charge >= 0.3 is 12.1 Å². The molecule has 200 valence electrons. The Kier molecular flexibility index (Phi) is 8.46. The first-order valence-electron chi connectivity index (χ1n) is 11.7. The lowest BCUT2D eigenvalue weighted by atomic mass is 9.84. The molecule has 1 aliphatic rings. The molecule has 4 rings (SSSR count). The molecule has 1 atom stereocenters. The summed E-state index contributed by atoms with van der Waals surface area (Å²) >= 11 is 0.977. The maximum atomic E-state index is 13.2. The van der Waals surface area contributed by atoms with Gasteiger partial charge in [-0.1, -0.05) is 48.2 Å². The van der Waals surface area contributed by atoms with Gasteiger partial charge in [0.05, 0.1) is 58.0 Å². The van der Waals surface area contributed by atoms with E-state index in [2.05, 4.69) is 16.7 Å². The van der Waals surface area contributed by atoms with Crippen molar-refractivity contribution in [3.05, 3.63) is 106 Å². The number of carbonyl (C=O) groups excluding carboxylic acids is 2. The van der Waals surface area contributed by atoms with Crippen LogP contribution < -0.4 is 10.6 Å². The van der Waals surface area contributed by atoms with Crippen molar-refractivity contribution in [2.75, 3.05) is 17.7 Å². The fourth-order valence-electron chi connectivity index (χ4n) is 4.01. The van der Waals surface area contributed by atoms with Crippen molar-refractivity contribution in [2.24, 2.45) is 0 Å². The topological polar surface area (TPSA) is 104 Å². The van der Waals surface area contributed by atoms with Crippen LogP contribution in [-0.2, 0) is 20.5 Å². The lowest BCUT2D eigenvalue weighted by molar-refractivity contribution is -0.139. The lowest BCUT2D eigenvalue weighted by Crippen LogP contribution is -2.29. The average Bonchev–Trinajstić information content (AvgIpc) is 3.46. The van der Waals surface area contributed by atoms with E-state index in [0.29, 0.717) is 22.0 Å². The van der Waals surface area contributed by atoms with Gasteiger partial charge in [0.25, 0.3) is 0 Å². The minimum atomic E-state index is -4.55. The molecule has 1 aliphatic heterocycles. The van der Waals surface area contributed by atoms with Crippen molar-refractivity contribution >= 4 is 35.0 Å². The van der Waals surface area contributed by atoms with Crippen LogP contribution in [0.3, 0.4) is 0 Å². The quantitative estimate of drug-likeness (QED) is 0.327. The van der Waals surface area contributed by atoms with Gasteiger partial charge in [-0.2, -0.15) is 18.4 Å². The minimum Gasteiger partial charge on any atom is -0.468 e. The molecule has 11 heteroatoms. The molecule has 0 bridgehead atoms. The number of hydrogen-bond donors (Lipinski definition) is 2. The third kappa shape index (κ3) is 6.35. The van der Waals surface area contributed by atoms with Crippen molar-refractivity contribution < 1.29 is 31.9 Å². The zero-order valence-corrected chi connectivity index (χ0v) is 21.4. The lowest BCUT2D eigenvalue weighted by Gasteiger charge is -2.29. The summed E-state index contributed by atoms with van der Waals surface area (Å²) in [6.07, 6.45) is -3.13. The number of hydrogen-bond acceptors (Lipinski definition) is 7. The Morgan fingerprint density at radius 3 is 2.54 bits per heavy atom. The molecule has 0 saturated heterocycles. The number of nitrogens with one attached hydrogen (secondary N) is 2. The van der Waals surface area contributed by atoms with Gasteiger partial charge in [-0.3, -0.25) is 4.79 Å². The van der Waals surface area contributed by atoms with Gasteiger partial charge < -0.3 is 19.8 Å². The number of benzene rings is 2. The van der Waals surface area contributed by atoms with E-state index >= 15 is 0 Å². The van der Waals surface area contributed by atoms with Gasteiger partial charge in [-0.05, 0) is 42.8 Å². The van der Waals surface area contributed by atoms with Crippen molar-refractivity contribution in [3.63, 3.8) is 0 Å². The SMILES string of the molecule is CCOC(=O)C1=C(c2ccccc2)NC(SCC(=O)Nc2cccc(C(F)(F)F)c2)=C(C#N)[C@H]1c1ccco1. The predicted octanol–water partition coefficient (Wildman–Crippen LogP) is 6.07. The predicted molar refractivity (Wildman–Crippen MR) is 140 cm³/mol. The van der Waals surface area contributed by atoms with Gasteiger partial charge in [0.1, 0.15) is 5.76 Å². The number of esters is 1. The molecule has 0 aliphatic carbocycles. The van der Waals surface area contributed by atoms with Crippen LogP contribution in [0, 0.1) is 11.3 Å². The van der Waals surface area contributed by atoms with E-state index < -0.39 is 29.5 Å². The summed E-state index contributed by atoms with van der Waals surface area (Å²) in [5, 5.41) is 16.0. The number of alkyl halides is 3. The zero-order valence-electron chi connectivity index (χ0n) is 20.5. The fourth-order valence-corrected chi connectivity index (χ4v) is 4.85. The molecule has 3 aromatic rings. The van der Waals surface area contributed by atoms with Crippen LogP contribution in [0.4, 0.5) is 18.9 Å². The second kappa shape index (κ2) is 12.0. The van der Waals surface area contributed by atoms with Crippen LogP contribution in [0.5, 0.6) is 0 Å². The highest BCUT2D eigenvalue weighted by molar-refractivity contribution is 8.03. The first-order valence-corrected chi connectivity index (χ1v) is 12.7. The smallest absolute Gasteiger partial charge is 0.416 e. The zero-order chi connectivity index (χ0) is 28.0. The maximum Gasteiger partial charge on any atom is 0.416 e. The molecule has 2 N–H and O–H groups in total. The highest BCUT2D eigenvalue weighted by atomic mass is 32.2. The van der Waals surface area contributed by atoms with Crippen LogP contribution >= 0.6 is 11.8 Å². The molecular formula is C28H22F3N3O4S. The van der Waals surface area contributed by atoms with Crippen molar-refractivity contribution in [1.82, 2.24) is 5.32 Å². The van der Waals surface area contributed by atoms with Crippen LogP contribution in [-0.4, -0.2) is 24.2 Å². The van der Waals surface area contributed by atoms with Crippen molar-refractivity contribution in [1.29, 1.82) is 5.26 Å². The normalized spacial score (nSPS) is 15.4. The largest absolute Gasteiger partial charge is 0.468 e. The number of allylic oxidation sites excluding steroid dienone is 1. The number of ether oxygens (including phenoxy) is 1. The maximum absolute atomic E-state index is 13.2. The second-order valence-corrected chi connectivity index (χ2v) is 9.20. The van der Waals surface area contributed by atoms with Gasteiger partial charge in [0, 0.05) is 5.69 Å². The van der Waals surface area contributed by atoms with E-state index in [9.17, 15) is 28.0 Å². The minimum absolute atomic E-state index is 0.00977. The molecule has 2 heterocycles. The number of amides is 1. The Morgan fingerprint density at radius 1 is 1.13 bits per heavy atom. The molecule has 0 unspecified atom stereocenters. The van der Waals surface area contributed by atoms with E-state index in [1.54, 1.807) is 43.3 Å².